The van der Waals surface area contributed by atoms with Crippen LogP contribution in [-0.2, 0) is 4.79 Å². The molecule has 0 saturated carbocycles. The van der Waals surface area contributed by atoms with E-state index in [2.05, 4.69) is 4.90 Å². The number of rotatable bonds is 3. The number of anilines is 1. The fourth-order valence-electron chi connectivity index (χ4n) is 3.40. The number of hydrogen-bond donors (Lipinski definition) is 0. The summed E-state index contributed by atoms with van der Waals surface area (Å²) in [5.74, 6) is 2.16. The summed E-state index contributed by atoms with van der Waals surface area (Å²) < 4.78 is 17.0. The van der Waals surface area contributed by atoms with Gasteiger partial charge in [0.2, 0.25) is 6.10 Å². The lowest BCUT2D eigenvalue weighted by Gasteiger charge is -2.38. The van der Waals surface area contributed by atoms with Crippen molar-refractivity contribution < 1.29 is 19.0 Å². The van der Waals surface area contributed by atoms with Gasteiger partial charge in [0.1, 0.15) is 12.4 Å². The summed E-state index contributed by atoms with van der Waals surface area (Å²) in [5.41, 5.74) is 1.06. The van der Waals surface area contributed by atoms with Crippen LogP contribution < -0.4 is 19.1 Å². The highest BCUT2D eigenvalue weighted by Gasteiger charge is 2.33. The van der Waals surface area contributed by atoms with E-state index in [-0.39, 0.29) is 12.5 Å². The quantitative estimate of drug-likeness (QED) is 0.846. The number of nitrogens with zero attached hydrogens (tertiary/aromatic N) is 2. The Balaban J connectivity index is 1.38. The topological polar surface area (TPSA) is 51.2 Å². The molecule has 1 saturated heterocycles. The standard InChI is InChI=1S/C20H22N2O4/c1-24-16-7-3-2-6-15(16)21-10-12-22(13-11-21)20(23)19-14-25-17-8-4-5-9-18(17)26-19/h2-9,19H,10-14H2,1H3/t19-/m1/s1. The summed E-state index contributed by atoms with van der Waals surface area (Å²) >= 11 is 0. The lowest BCUT2D eigenvalue weighted by molar-refractivity contribution is -0.141. The lowest BCUT2D eigenvalue weighted by Crippen LogP contribution is -2.54. The molecule has 1 atom stereocenters. The van der Waals surface area contributed by atoms with Crippen molar-refractivity contribution in [1.82, 2.24) is 4.90 Å². The average Bonchev–Trinajstić information content (AvgIpc) is 2.73. The van der Waals surface area contributed by atoms with E-state index in [1.54, 1.807) is 7.11 Å². The predicted molar refractivity (Wildman–Crippen MR) is 98.1 cm³/mol. The Hall–Kier alpha value is -2.89. The number of ether oxygens (including phenoxy) is 3. The van der Waals surface area contributed by atoms with Crippen LogP contribution >= 0.6 is 0 Å². The molecule has 4 rings (SSSR count). The first-order chi connectivity index (χ1) is 12.8. The Bertz CT molecular complexity index is 787. The number of benzene rings is 2. The zero-order valence-electron chi connectivity index (χ0n) is 14.8. The van der Waals surface area contributed by atoms with Crippen molar-refractivity contribution in [2.75, 3.05) is 44.8 Å². The van der Waals surface area contributed by atoms with Gasteiger partial charge in [0.25, 0.3) is 5.91 Å². The van der Waals surface area contributed by atoms with E-state index in [9.17, 15) is 4.79 Å². The third kappa shape index (κ3) is 3.14. The first kappa shape index (κ1) is 16.6. The van der Waals surface area contributed by atoms with Crippen molar-refractivity contribution in [2.45, 2.75) is 6.10 Å². The molecule has 136 valence electrons. The maximum Gasteiger partial charge on any atom is 0.267 e. The second-order valence-corrected chi connectivity index (χ2v) is 6.35. The molecule has 6 heteroatoms. The molecule has 0 spiro atoms. The molecule has 0 radical (unpaired) electrons. The maximum atomic E-state index is 12.8. The highest BCUT2D eigenvalue weighted by Crippen LogP contribution is 2.32. The van der Waals surface area contributed by atoms with Gasteiger partial charge in [0, 0.05) is 26.2 Å². The molecule has 0 aromatic heterocycles. The Morgan fingerprint density at radius 1 is 1.00 bits per heavy atom. The van der Waals surface area contributed by atoms with Gasteiger partial charge in [-0.2, -0.15) is 0 Å². The molecule has 6 nitrogen and oxygen atoms in total. The molecule has 26 heavy (non-hydrogen) atoms. The van der Waals surface area contributed by atoms with Crippen molar-refractivity contribution in [1.29, 1.82) is 0 Å². The third-order valence-corrected chi connectivity index (χ3v) is 4.80. The first-order valence-electron chi connectivity index (χ1n) is 8.81. The molecule has 0 aliphatic carbocycles. The van der Waals surface area contributed by atoms with Gasteiger partial charge in [-0.25, -0.2) is 0 Å². The molecule has 2 heterocycles. The predicted octanol–water partition coefficient (Wildman–Crippen LogP) is 2.18. The Labute approximate surface area is 152 Å². The molecule has 2 aromatic rings. The summed E-state index contributed by atoms with van der Waals surface area (Å²) in [4.78, 5) is 16.9. The van der Waals surface area contributed by atoms with E-state index in [4.69, 9.17) is 14.2 Å². The highest BCUT2D eigenvalue weighted by atomic mass is 16.6. The molecular weight excluding hydrogens is 332 g/mol. The molecule has 0 bridgehead atoms. The van der Waals surface area contributed by atoms with Crippen molar-refractivity contribution in [2.24, 2.45) is 0 Å². The van der Waals surface area contributed by atoms with Crippen LogP contribution in [0.3, 0.4) is 0 Å². The second-order valence-electron chi connectivity index (χ2n) is 6.35. The fourth-order valence-corrected chi connectivity index (χ4v) is 3.40. The second kappa shape index (κ2) is 7.15. The van der Waals surface area contributed by atoms with Gasteiger partial charge in [-0.15, -0.1) is 0 Å². The molecule has 0 unspecified atom stereocenters. The van der Waals surface area contributed by atoms with Gasteiger partial charge in [0.05, 0.1) is 12.8 Å². The summed E-state index contributed by atoms with van der Waals surface area (Å²) in [6.45, 7) is 3.08. The summed E-state index contributed by atoms with van der Waals surface area (Å²) in [7, 11) is 1.68. The number of hydrogen-bond acceptors (Lipinski definition) is 5. The molecule has 2 aliphatic rings. The Morgan fingerprint density at radius 2 is 1.69 bits per heavy atom. The summed E-state index contributed by atoms with van der Waals surface area (Å²) in [6, 6.07) is 15.4. The van der Waals surface area contributed by atoms with Gasteiger partial charge in [-0.1, -0.05) is 24.3 Å². The van der Waals surface area contributed by atoms with Gasteiger partial charge >= 0.3 is 0 Å². The van der Waals surface area contributed by atoms with Crippen molar-refractivity contribution in [3.05, 3.63) is 48.5 Å². The van der Waals surface area contributed by atoms with Crippen LogP contribution in [0.4, 0.5) is 5.69 Å². The van der Waals surface area contributed by atoms with Gasteiger partial charge < -0.3 is 24.0 Å². The number of methoxy groups -OCH3 is 1. The zero-order chi connectivity index (χ0) is 17.9. The minimum atomic E-state index is -0.581. The van der Waals surface area contributed by atoms with Crippen LogP contribution in [0.5, 0.6) is 17.2 Å². The minimum Gasteiger partial charge on any atom is -0.495 e. The van der Waals surface area contributed by atoms with E-state index in [0.29, 0.717) is 24.6 Å². The van der Waals surface area contributed by atoms with E-state index in [1.807, 2.05) is 53.4 Å². The minimum absolute atomic E-state index is 0.0146. The van der Waals surface area contributed by atoms with Gasteiger partial charge in [0.15, 0.2) is 11.5 Å². The average molecular weight is 354 g/mol. The zero-order valence-corrected chi connectivity index (χ0v) is 14.8. The van der Waals surface area contributed by atoms with Gasteiger partial charge in [-0.3, -0.25) is 4.79 Å². The van der Waals surface area contributed by atoms with Crippen molar-refractivity contribution in [3.63, 3.8) is 0 Å². The monoisotopic (exact) mass is 354 g/mol. The van der Waals surface area contributed by atoms with Crippen LogP contribution in [0.1, 0.15) is 0 Å². The van der Waals surface area contributed by atoms with Crippen molar-refractivity contribution in [3.8, 4) is 17.2 Å². The molecule has 2 aromatic carbocycles. The lowest BCUT2D eigenvalue weighted by atomic mass is 10.2. The largest absolute Gasteiger partial charge is 0.495 e. The molecular formula is C20H22N2O4. The summed E-state index contributed by atoms with van der Waals surface area (Å²) in [6.07, 6.45) is -0.581. The molecule has 1 amide bonds. The SMILES string of the molecule is COc1ccccc1N1CCN(C(=O)[C@H]2COc3ccccc3O2)CC1. The number of piperazine rings is 1. The molecule has 0 N–H and O–H groups in total. The van der Waals surface area contributed by atoms with Crippen LogP contribution in [0.2, 0.25) is 0 Å². The third-order valence-electron chi connectivity index (χ3n) is 4.80. The van der Waals surface area contributed by atoms with Gasteiger partial charge in [-0.05, 0) is 24.3 Å². The molecule has 1 fully saturated rings. The van der Waals surface area contributed by atoms with E-state index in [0.717, 1.165) is 24.5 Å². The van der Waals surface area contributed by atoms with Crippen LogP contribution in [0.15, 0.2) is 48.5 Å². The Morgan fingerprint density at radius 3 is 2.46 bits per heavy atom. The number of carbonyl (C=O) groups is 1. The smallest absolute Gasteiger partial charge is 0.267 e. The Kier molecular flexibility index (Phi) is 4.56. The first-order valence-corrected chi connectivity index (χ1v) is 8.81. The fraction of sp³-hybridized carbons (Fsp3) is 0.350. The normalized spacial score (nSPS) is 19.2. The van der Waals surface area contributed by atoms with Crippen molar-refractivity contribution >= 4 is 11.6 Å². The number of para-hydroxylation sites is 4. The highest BCUT2D eigenvalue weighted by molar-refractivity contribution is 5.82. The van der Waals surface area contributed by atoms with Crippen LogP contribution in [0.25, 0.3) is 0 Å². The van der Waals surface area contributed by atoms with Crippen LogP contribution in [-0.4, -0.2) is 56.8 Å². The number of fused-ring (bicyclic) bond motifs is 1. The van der Waals surface area contributed by atoms with E-state index in [1.165, 1.54) is 0 Å². The summed E-state index contributed by atoms with van der Waals surface area (Å²) in [5, 5.41) is 0. The number of carbonyl (C=O) groups excluding carboxylic acids is 1. The van der Waals surface area contributed by atoms with Crippen LogP contribution in [0, 0.1) is 0 Å². The number of amides is 1. The van der Waals surface area contributed by atoms with E-state index < -0.39 is 6.10 Å². The molecule has 2 aliphatic heterocycles. The maximum absolute atomic E-state index is 12.8. The van der Waals surface area contributed by atoms with E-state index >= 15 is 0 Å².